The molecule has 0 spiro atoms. The molecule has 1 aliphatic carbocycles. The molecule has 4 N–H and O–H groups in total. The van der Waals surface area contributed by atoms with Gasteiger partial charge in [-0.05, 0) is 19.3 Å². The van der Waals surface area contributed by atoms with Crippen LogP contribution in [0.5, 0.6) is 0 Å². The molecule has 0 bridgehead atoms. The molecule has 6 heteroatoms. The average Bonchev–Trinajstić information content (AvgIpc) is 2.54. The number of carbonyl (C=O) groups excluding carboxylic acids is 1. The van der Waals surface area contributed by atoms with E-state index in [1.165, 1.54) is 6.08 Å². The number of amides is 2. The van der Waals surface area contributed by atoms with Gasteiger partial charge in [0.25, 0.3) is 0 Å². The van der Waals surface area contributed by atoms with Crippen LogP contribution < -0.4 is 10.6 Å². The van der Waals surface area contributed by atoms with Crippen molar-refractivity contribution in [3.63, 3.8) is 0 Å². The molecule has 0 aromatic rings. The molecule has 1 rings (SSSR count). The van der Waals surface area contributed by atoms with Crippen molar-refractivity contribution in [3.05, 3.63) is 12.7 Å². The van der Waals surface area contributed by atoms with E-state index in [9.17, 15) is 14.7 Å². The summed E-state index contributed by atoms with van der Waals surface area (Å²) in [6, 6.07) is -1.85. The first kappa shape index (κ1) is 15.5. The zero-order chi connectivity index (χ0) is 14.3. The first-order chi connectivity index (χ1) is 9.04. The van der Waals surface area contributed by atoms with Gasteiger partial charge in [0, 0.05) is 0 Å². The molecule has 0 aromatic carbocycles. The van der Waals surface area contributed by atoms with Crippen molar-refractivity contribution in [2.45, 2.75) is 56.7 Å². The normalized spacial score (nSPS) is 24.9. The number of rotatable bonds is 5. The third-order valence-corrected chi connectivity index (χ3v) is 3.30. The Bertz CT molecular complexity index is 333. The molecule has 3 unspecified atom stereocenters. The van der Waals surface area contributed by atoms with E-state index in [4.69, 9.17) is 5.11 Å². The van der Waals surface area contributed by atoms with Gasteiger partial charge in [0.1, 0.15) is 6.04 Å². The number of aliphatic hydroxyl groups is 1. The molecule has 0 aliphatic heterocycles. The van der Waals surface area contributed by atoms with Gasteiger partial charge in [-0.25, -0.2) is 9.59 Å². The number of aliphatic carboxylic acids is 1. The number of nitrogens with one attached hydrogen (secondary N) is 2. The summed E-state index contributed by atoms with van der Waals surface area (Å²) in [6.45, 7) is 3.46. The lowest BCUT2D eigenvalue weighted by molar-refractivity contribution is -0.139. The van der Waals surface area contributed by atoms with Crippen molar-refractivity contribution in [2.75, 3.05) is 0 Å². The van der Waals surface area contributed by atoms with Crippen molar-refractivity contribution in [2.24, 2.45) is 0 Å². The molecule has 0 heterocycles. The van der Waals surface area contributed by atoms with Crippen LogP contribution in [0.3, 0.4) is 0 Å². The Morgan fingerprint density at radius 1 is 1.32 bits per heavy atom. The maximum Gasteiger partial charge on any atom is 0.326 e. The van der Waals surface area contributed by atoms with E-state index in [0.717, 1.165) is 19.3 Å². The topological polar surface area (TPSA) is 98.7 Å². The zero-order valence-electron chi connectivity index (χ0n) is 11.0. The van der Waals surface area contributed by atoms with Crippen LogP contribution in [-0.4, -0.2) is 40.4 Å². The van der Waals surface area contributed by atoms with E-state index in [-0.39, 0.29) is 12.5 Å². The molecule has 108 valence electrons. The van der Waals surface area contributed by atoms with Crippen molar-refractivity contribution < 1.29 is 19.8 Å². The van der Waals surface area contributed by atoms with Crippen LogP contribution in [0.4, 0.5) is 4.79 Å². The van der Waals surface area contributed by atoms with Gasteiger partial charge in [-0.15, -0.1) is 6.58 Å². The van der Waals surface area contributed by atoms with Crippen LogP contribution in [0.15, 0.2) is 12.7 Å². The predicted octanol–water partition coefficient (Wildman–Crippen LogP) is 1.01. The maximum atomic E-state index is 11.7. The Labute approximate surface area is 112 Å². The second-order valence-corrected chi connectivity index (χ2v) is 4.84. The van der Waals surface area contributed by atoms with Crippen LogP contribution in [-0.2, 0) is 4.79 Å². The first-order valence-electron chi connectivity index (χ1n) is 6.63. The number of aliphatic hydroxyl groups excluding tert-OH is 1. The monoisotopic (exact) mass is 270 g/mol. The van der Waals surface area contributed by atoms with E-state index < -0.39 is 24.1 Å². The number of hydrogen-bond donors (Lipinski definition) is 4. The molecule has 1 saturated carbocycles. The minimum absolute atomic E-state index is 0.163. The number of urea groups is 1. The Morgan fingerprint density at radius 3 is 2.63 bits per heavy atom. The number of carboxylic acids is 1. The summed E-state index contributed by atoms with van der Waals surface area (Å²) in [5.74, 6) is -1.10. The molecular formula is C13H22N2O4. The van der Waals surface area contributed by atoms with Crippen molar-refractivity contribution in [1.82, 2.24) is 10.6 Å². The molecule has 0 radical (unpaired) electrons. The van der Waals surface area contributed by atoms with E-state index in [1.54, 1.807) is 0 Å². The third-order valence-electron chi connectivity index (χ3n) is 3.30. The van der Waals surface area contributed by atoms with E-state index >= 15 is 0 Å². The molecule has 0 aromatic heterocycles. The summed E-state index contributed by atoms with van der Waals surface area (Å²) in [4.78, 5) is 22.6. The Balaban J connectivity index is 2.48. The van der Waals surface area contributed by atoms with E-state index in [0.29, 0.717) is 12.8 Å². The van der Waals surface area contributed by atoms with Crippen molar-refractivity contribution in [1.29, 1.82) is 0 Å². The predicted molar refractivity (Wildman–Crippen MR) is 70.8 cm³/mol. The summed E-state index contributed by atoms with van der Waals surface area (Å²) < 4.78 is 0. The van der Waals surface area contributed by atoms with E-state index in [2.05, 4.69) is 17.2 Å². The van der Waals surface area contributed by atoms with Crippen LogP contribution in [0.2, 0.25) is 0 Å². The second kappa shape index (κ2) is 7.78. The van der Waals surface area contributed by atoms with Gasteiger partial charge in [-0.1, -0.05) is 25.3 Å². The Kier molecular flexibility index (Phi) is 6.35. The van der Waals surface area contributed by atoms with Crippen molar-refractivity contribution >= 4 is 12.0 Å². The third kappa shape index (κ3) is 5.30. The van der Waals surface area contributed by atoms with Gasteiger partial charge in [-0.2, -0.15) is 0 Å². The molecule has 0 saturated heterocycles. The van der Waals surface area contributed by atoms with Gasteiger partial charge < -0.3 is 20.8 Å². The highest BCUT2D eigenvalue weighted by molar-refractivity contribution is 5.82. The highest BCUT2D eigenvalue weighted by Gasteiger charge is 2.25. The number of hydrogen-bond acceptors (Lipinski definition) is 3. The fraction of sp³-hybridized carbons (Fsp3) is 0.692. The Morgan fingerprint density at radius 2 is 2.00 bits per heavy atom. The highest BCUT2D eigenvalue weighted by Crippen LogP contribution is 2.17. The van der Waals surface area contributed by atoms with Gasteiger partial charge in [0.2, 0.25) is 0 Å². The minimum atomic E-state index is -1.10. The summed E-state index contributed by atoms with van der Waals surface area (Å²) in [6.07, 6.45) is 5.39. The van der Waals surface area contributed by atoms with Crippen molar-refractivity contribution in [3.8, 4) is 0 Å². The molecule has 19 heavy (non-hydrogen) atoms. The largest absolute Gasteiger partial charge is 0.480 e. The second-order valence-electron chi connectivity index (χ2n) is 4.84. The molecule has 1 fully saturated rings. The van der Waals surface area contributed by atoms with Gasteiger partial charge in [0.05, 0.1) is 12.1 Å². The van der Waals surface area contributed by atoms with Gasteiger partial charge in [0.15, 0.2) is 0 Å². The minimum Gasteiger partial charge on any atom is -0.480 e. The molecule has 1 aliphatic rings. The number of carboxylic acid groups (broad SMARTS) is 1. The SMILES string of the molecule is C=CCC(NC(=O)NC1CCCCCC1O)C(=O)O. The van der Waals surface area contributed by atoms with Crippen LogP contribution in [0.25, 0.3) is 0 Å². The van der Waals surface area contributed by atoms with E-state index in [1.807, 2.05) is 0 Å². The first-order valence-corrected chi connectivity index (χ1v) is 6.63. The lowest BCUT2D eigenvalue weighted by Gasteiger charge is -2.23. The lowest BCUT2D eigenvalue weighted by atomic mass is 10.1. The number of carbonyl (C=O) groups is 2. The fourth-order valence-corrected chi connectivity index (χ4v) is 2.21. The fourth-order valence-electron chi connectivity index (χ4n) is 2.21. The summed E-state index contributed by atoms with van der Waals surface area (Å²) >= 11 is 0. The highest BCUT2D eigenvalue weighted by atomic mass is 16.4. The smallest absolute Gasteiger partial charge is 0.326 e. The molecular weight excluding hydrogens is 248 g/mol. The van der Waals surface area contributed by atoms with Gasteiger partial charge in [-0.3, -0.25) is 0 Å². The Hall–Kier alpha value is -1.56. The average molecular weight is 270 g/mol. The molecule has 3 atom stereocenters. The molecule has 2 amide bonds. The summed E-state index contributed by atoms with van der Waals surface area (Å²) in [7, 11) is 0. The van der Waals surface area contributed by atoms with Crippen LogP contribution in [0, 0.1) is 0 Å². The zero-order valence-corrected chi connectivity index (χ0v) is 11.0. The quantitative estimate of drug-likeness (QED) is 0.442. The lowest BCUT2D eigenvalue weighted by Crippen LogP contribution is -2.51. The van der Waals surface area contributed by atoms with Gasteiger partial charge >= 0.3 is 12.0 Å². The maximum absolute atomic E-state index is 11.7. The molecule has 6 nitrogen and oxygen atoms in total. The standard InChI is InChI=1S/C13H22N2O4/c1-2-6-10(12(17)18)15-13(19)14-9-7-4-3-5-8-11(9)16/h2,9-11,16H,1,3-8H2,(H,17,18)(H2,14,15,19). The van der Waals surface area contributed by atoms with Crippen LogP contribution >= 0.6 is 0 Å². The summed E-state index contributed by atoms with van der Waals surface area (Å²) in [5.41, 5.74) is 0. The van der Waals surface area contributed by atoms with Crippen LogP contribution in [0.1, 0.15) is 38.5 Å². The summed E-state index contributed by atoms with van der Waals surface area (Å²) in [5, 5.41) is 23.8.